The summed E-state index contributed by atoms with van der Waals surface area (Å²) in [4.78, 5) is 21.6. The average Bonchev–Trinajstić information content (AvgIpc) is 3.22. The molecule has 2 aliphatic heterocycles. The molecule has 0 fully saturated rings. The first-order valence-electron chi connectivity index (χ1n) is 14.0. The number of phenolic OH excluding ortho intramolecular Hbond substituents is 1. The molecule has 222 valence electrons. The second-order valence-corrected chi connectivity index (χ2v) is 14.5. The summed E-state index contributed by atoms with van der Waals surface area (Å²) in [5, 5.41) is 15.0. The van der Waals surface area contributed by atoms with Crippen molar-refractivity contribution < 1.29 is 23.2 Å². The van der Waals surface area contributed by atoms with Gasteiger partial charge in [0.1, 0.15) is 41.3 Å². The predicted octanol–water partition coefficient (Wildman–Crippen LogP) is 7.39. The Labute approximate surface area is 256 Å². The van der Waals surface area contributed by atoms with Crippen molar-refractivity contribution in [1.29, 1.82) is 0 Å². The van der Waals surface area contributed by atoms with Gasteiger partial charge in [-0.05, 0) is 55.5 Å². The Morgan fingerprint density at radius 3 is 2.63 bits per heavy atom. The number of nitrogens with one attached hydrogen (secondary N) is 1. The summed E-state index contributed by atoms with van der Waals surface area (Å²) in [5.41, 5.74) is 2.26. The molecule has 0 aliphatic carbocycles. The number of hydrogen-bond donors (Lipinski definition) is 2. The molecule has 6 rings (SSSR count). The first-order chi connectivity index (χ1) is 20.5. The van der Waals surface area contributed by atoms with Crippen LogP contribution in [0, 0.1) is 25.1 Å². The van der Waals surface area contributed by atoms with Crippen molar-refractivity contribution in [3.8, 4) is 11.5 Å². The number of hydrogen-bond acceptors (Lipinski definition) is 7. The van der Waals surface area contributed by atoms with Crippen LogP contribution in [0.5, 0.6) is 11.5 Å². The molecule has 4 aromatic rings. The molecule has 1 aromatic heterocycles. The average molecular weight is 618 g/mol. The molecule has 2 unspecified atom stereocenters. The van der Waals surface area contributed by atoms with Crippen molar-refractivity contribution in [2.24, 2.45) is 5.41 Å². The van der Waals surface area contributed by atoms with Crippen molar-refractivity contribution in [2.45, 2.75) is 46.8 Å². The Bertz CT molecular complexity index is 1780. The Hall–Kier alpha value is -4.02. The third-order valence-electron chi connectivity index (χ3n) is 7.62. The van der Waals surface area contributed by atoms with Crippen LogP contribution in [0.25, 0.3) is 0 Å². The summed E-state index contributed by atoms with van der Waals surface area (Å²) in [6.45, 7) is 7.94. The van der Waals surface area contributed by atoms with E-state index in [1.54, 1.807) is 24.3 Å². The smallest absolute Gasteiger partial charge is 0.278 e. The Kier molecular flexibility index (Phi) is 7.60. The maximum atomic E-state index is 16.3. The summed E-state index contributed by atoms with van der Waals surface area (Å²) in [5.74, 6) is -0.479. The molecule has 2 aliphatic rings. The van der Waals surface area contributed by atoms with E-state index in [2.05, 4.69) is 10.3 Å². The van der Waals surface area contributed by atoms with Gasteiger partial charge in [0.05, 0.1) is 26.4 Å². The van der Waals surface area contributed by atoms with Crippen molar-refractivity contribution in [2.75, 3.05) is 16.0 Å². The molecule has 0 bridgehead atoms. The molecular formula is C33H32FN3O4S2. The number of rotatable bonds is 5. The molecule has 3 aromatic carbocycles. The van der Waals surface area contributed by atoms with E-state index in [0.717, 1.165) is 10.6 Å². The number of aryl methyl sites for hydroxylation is 2. The number of nitrogens with zero attached hydrogens (tertiary/aromatic N) is 2. The first-order valence-corrected chi connectivity index (χ1v) is 16.1. The van der Waals surface area contributed by atoms with Gasteiger partial charge >= 0.3 is 0 Å². The fourth-order valence-electron chi connectivity index (χ4n) is 5.76. The highest BCUT2D eigenvalue weighted by atomic mass is 32.2. The lowest BCUT2D eigenvalue weighted by Gasteiger charge is -2.37. The SMILES string of the molecule is Cc1nc(C(=O)N2c3cccc(O)c3NC3=C(C2c2ccc(OCc4ccccc4)cc2F)S(=O)CC(C)(C)C3)c(C)s1. The number of carbonyl (C=O) groups excluding carboxylic acids is 1. The molecule has 0 spiro atoms. The summed E-state index contributed by atoms with van der Waals surface area (Å²) in [6.07, 6.45) is 0.495. The van der Waals surface area contributed by atoms with E-state index < -0.39 is 28.6 Å². The third kappa shape index (κ3) is 5.57. The molecule has 0 saturated carbocycles. The fourth-order valence-corrected chi connectivity index (χ4v) is 8.41. The van der Waals surface area contributed by atoms with Crippen molar-refractivity contribution in [3.63, 3.8) is 0 Å². The summed E-state index contributed by atoms with van der Waals surface area (Å²) >= 11 is 1.39. The zero-order valence-electron chi connectivity index (χ0n) is 24.3. The summed E-state index contributed by atoms with van der Waals surface area (Å²) < 4.78 is 36.3. The number of benzene rings is 3. The number of ether oxygens (including phenoxy) is 1. The zero-order chi connectivity index (χ0) is 30.5. The topological polar surface area (TPSA) is 91.8 Å². The van der Waals surface area contributed by atoms with Gasteiger partial charge in [0, 0.05) is 28.0 Å². The molecule has 10 heteroatoms. The molecule has 7 nitrogen and oxygen atoms in total. The molecule has 2 N–H and O–H groups in total. The Balaban J connectivity index is 1.53. The lowest BCUT2D eigenvalue weighted by molar-refractivity contribution is 0.0975. The Morgan fingerprint density at radius 1 is 1.16 bits per heavy atom. The number of anilines is 2. The number of phenols is 1. The van der Waals surface area contributed by atoms with E-state index in [1.807, 2.05) is 58.0 Å². The predicted molar refractivity (Wildman–Crippen MR) is 168 cm³/mol. The van der Waals surface area contributed by atoms with Crippen LogP contribution in [-0.2, 0) is 17.4 Å². The largest absolute Gasteiger partial charge is 0.506 e. The molecule has 0 radical (unpaired) electrons. The van der Waals surface area contributed by atoms with Gasteiger partial charge in [-0.2, -0.15) is 0 Å². The highest BCUT2D eigenvalue weighted by molar-refractivity contribution is 7.89. The van der Waals surface area contributed by atoms with E-state index in [9.17, 15) is 14.1 Å². The number of aromatic hydroxyl groups is 1. The lowest BCUT2D eigenvalue weighted by Crippen LogP contribution is -2.40. The van der Waals surface area contributed by atoms with Gasteiger partial charge in [0.15, 0.2) is 0 Å². The van der Waals surface area contributed by atoms with Gasteiger partial charge < -0.3 is 15.2 Å². The number of amides is 1. The molecule has 0 saturated heterocycles. The highest BCUT2D eigenvalue weighted by Crippen LogP contribution is 2.51. The van der Waals surface area contributed by atoms with Crippen molar-refractivity contribution in [3.05, 3.63) is 110 Å². The molecule has 1 amide bonds. The zero-order valence-corrected chi connectivity index (χ0v) is 25.9. The second kappa shape index (κ2) is 11.2. The standard InChI is InChI=1S/C33H32FN3O4S2/c1-19-28(35-20(2)42-19)32(39)37-26-11-8-12-27(38)29(26)36-25-16-33(3,4)18-43(40)31(25)30(37)23-14-13-22(15-24(23)34)41-17-21-9-6-5-7-10-21/h5-15,30,36,38H,16-18H2,1-4H3. The van der Waals surface area contributed by atoms with E-state index in [0.29, 0.717) is 44.8 Å². The van der Waals surface area contributed by atoms with Crippen molar-refractivity contribution in [1.82, 2.24) is 4.98 Å². The van der Waals surface area contributed by atoms with E-state index in [4.69, 9.17) is 4.74 Å². The molecule has 3 heterocycles. The maximum absolute atomic E-state index is 16.3. The molecule has 43 heavy (non-hydrogen) atoms. The number of fused-ring (bicyclic) bond motifs is 1. The van der Waals surface area contributed by atoms with Gasteiger partial charge in [0.25, 0.3) is 5.91 Å². The second-order valence-electron chi connectivity index (χ2n) is 11.6. The van der Waals surface area contributed by atoms with Gasteiger partial charge in [-0.1, -0.05) is 50.2 Å². The molecular weight excluding hydrogens is 586 g/mol. The monoisotopic (exact) mass is 617 g/mol. The van der Waals surface area contributed by atoms with Crippen LogP contribution >= 0.6 is 11.3 Å². The Morgan fingerprint density at radius 2 is 1.93 bits per heavy atom. The molecule has 2 atom stereocenters. The maximum Gasteiger partial charge on any atom is 0.278 e. The van der Waals surface area contributed by atoms with E-state index >= 15 is 4.39 Å². The summed E-state index contributed by atoms with van der Waals surface area (Å²) in [7, 11) is -1.57. The first kappa shape index (κ1) is 29.1. The van der Waals surface area contributed by atoms with Crippen LogP contribution in [0.3, 0.4) is 0 Å². The minimum atomic E-state index is -1.57. The van der Waals surface area contributed by atoms with Crippen LogP contribution < -0.4 is 15.0 Å². The van der Waals surface area contributed by atoms with Crippen LogP contribution in [0.4, 0.5) is 15.8 Å². The lowest BCUT2D eigenvalue weighted by atomic mass is 9.88. The van der Waals surface area contributed by atoms with Crippen LogP contribution in [0.15, 0.2) is 77.3 Å². The fraction of sp³-hybridized carbons (Fsp3) is 0.273. The van der Waals surface area contributed by atoms with Crippen LogP contribution in [0.2, 0.25) is 0 Å². The van der Waals surface area contributed by atoms with Crippen LogP contribution in [-0.4, -0.2) is 26.0 Å². The minimum absolute atomic E-state index is 0.0757. The van der Waals surface area contributed by atoms with Crippen molar-refractivity contribution >= 4 is 39.4 Å². The van der Waals surface area contributed by atoms with E-state index in [1.165, 1.54) is 28.4 Å². The normalized spacial score (nSPS) is 19.2. The van der Waals surface area contributed by atoms with Gasteiger partial charge in [-0.25, -0.2) is 9.37 Å². The number of halogens is 1. The van der Waals surface area contributed by atoms with Gasteiger partial charge in [-0.3, -0.25) is 13.9 Å². The number of aromatic nitrogens is 1. The van der Waals surface area contributed by atoms with E-state index in [-0.39, 0.29) is 29.0 Å². The number of allylic oxidation sites excluding steroid dienone is 1. The number of carbonyl (C=O) groups is 1. The minimum Gasteiger partial charge on any atom is -0.506 e. The summed E-state index contributed by atoms with van der Waals surface area (Å²) in [6, 6.07) is 17.9. The van der Waals surface area contributed by atoms with Gasteiger partial charge in [0.2, 0.25) is 0 Å². The number of para-hydroxylation sites is 1. The van der Waals surface area contributed by atoms with Crippen LogP contribution in [0.1, 0.15) is 57.8 Å². The van der Waals surface area contributed by atoms with Gasteiger partial charge in [-0.15, -0.1) is 11.3 Å². The third-order valence-corrected chi connectivity index (χ3v) is 10.5. The highest BCUT2D eigenvalue weighted by Gasteiger charge is 2.45. The number of thiazole rings is 1. The quantitative estimate of drug-likeness (QED) is 0.227.